The van der Waals surface area contributed by atoms with Crippen molar-refractivity contribution in [2.24, 2.45) is 5.41 Å². The monoisotopic (exact) mass is 243 g/mol. The van der Waals surface area contributed by atoms with E-state index in [-0.39, 0.29) is 17.6 Å². The first-order valence-electron chi connectivity index (χ1n) is 6.48. The van der Waals surface area contributed by atoms with Crippen molar-refractivity contribution in [3.8, 4) is 0 Å². The van der Waals surface area contributed by atoms with Crippen LogP contribution in [0.2, 0.25) is 0 Å². The zero-order chi connectivity index (χ0) is 13.2. The smallest absolute Gasteiger partial charge is 0.410 e. The van der Waals surface area contributed by atoms with Crippen molar-refractivity contribution in [1.82, 2.24) is 4.90 Å². The summed E-state index contributed by atoms with van der Waals surface area (Å²) in [5.74, 6) is 0. The highest BCUT2D eigenvalue weighted by Gasteiger charge is 2.46. The Morgan fingerprint density at radius 3 is 2.35 bits per heavy atom. The quantitative estimate of drug-likeness (QED) is 0.828. The number of likely N-dealkylation sites (N-methyl/N-ethyl adjacent to an activating group) is 1. The van der Waals surface area contributed by atoms with Gasteiger partial charge in [-0.05, 0) is 13.3 Å². The third kappa shape index (κ3) is 2.92. The van der Waals surface area contributed by atoms with Gasteiger partial charge < -0.3 is 14.7 Å². The summed E-state index contributed by atoms with van der Waals surface area (Å²) < 4.78 is 5.38. The molecule has 1 saturated heterocycles. The Labute approximate surface area is 104 Å². The third-order valence-corrected chi connectivity index (χ3v) is 3.35. The molecule has 4 heteroatoms. The molecule has 0 aromatic rings. The second-order valence-electron chi connectivity index (χ2n) is 5.80. The Morgan fingerprint density at radius 2 is 1.94 bits per heavy atom. The normalized spacial score (nSPS) is 30.4. The number of hydrogen-bond donors (Lipinski definition) is 1. The van der Waals surface area contributed by atoms with E-state index in [0.717, 1.165) is 12.8 Å². The molecule has 0 radical (unpaired) electrons. The van der Waals surface area contributed by atoms with Gasteiger partial charge in [0.2, 0.25) is 0 Å². The van der Waals surface area contributed by atoms with Crippen LogP contribution < -0.4 is 0 Å². The van der Waals surface area contributed by atoms with Gasteiger partial charge in [0.25, 0.3) is 0 Å². The van der Waals surface area contributed by atoms with Gasteiger partial charge in [0.15, 0.2) is 0 Å². The first-order valence-corrected chi connectivity index (χ1v) is 6.48. The van der Waals surface area contributed by atoms with E-state index in [1.54, 1.807) is 4.90 Å². The molecule has 1 fully saturated rings. The fourth-order valence-corrected chi connectivity index (χ4v) is 2.44. The maximum Gasteiger partial charge on any atom is 0.410 e. The molecule has 1 rings (SSSR count). The molecule has 1 aliphatic heterocycles. The van der Waals surface area contributed by atoms with E-state index in [2.05, 4.69) is 6.92 Å². The van der Waals surface area contributed by atoms with Crippen molar-refractivity contribution in [3.63, 3.8) is 0 Å². The van der Waals surface area contributed by atoms with Crippen LogP contribution in [0.1, 0.15) is 47.5 Å². The van der Waals surface area contributed by atoms with Gasteiger partial charge in [0.1, 0.15) is 12.2 Å². The Kier molecular flexibility index (Phi) is 4.42. The summed E-state index contributed by atoms with van der Waals surface area (Å²) in [6.45, 7) is 10.5. The summed E-state index contributed by atoms with van der Waals surface area (Å²) in [4.78, 5) is 13.5. The molecule has 0 spiro atoms. The SMILES string of the molecule is CCCC1C(O)C(C(C)(C)C)OC(=O)N1CC. The van der Waals surface area contributed by atoms with Crippen molar-refractivity contribution in [1.29, 1.82) is 0 Å². The van der Waals surface area contributed by atoms with Gasteiger partial charge in [-0.25, -0.2) is 4.79 Å². The van der Waals surface area contributed by atoms with Gasteiger partial charge >= 0.3 is 6.09 Å². The van der Waals surface area contributed by atoms with E-state index in [0.29, 0.717) is 6.54 Å². The molecular weight excluding hydrogens is 218 g/mol. The first kappa shape index (κ1) is 14.3. The fraction of sp³-hybridized carbons (Fsp3) is 0.923. The van der Waals surface area contributed by atoms with Crippen LogP contribution in [0, 0.1) is 5.41 Å². The van der Waals surface area contributed by atoms with Crippen LogP contribution in [0.25, 0.3) is 0 Å². The minimum atomic E-state index is -0.604. The molecule has 0 aromatic heterocycles. The van der Waals surface area contributed by atoms with Crippen molar-refractivity contribution < 1.29 is 14.6 Å². The molecule has 1 heterocycles. The van der Waals surface area contributed by atoms with E-state index in [9.17, 15) is 9.90 Å². The Hall–Kier alpha value is -0.770. The molecule has 0 saturated carbocycles. The van der Waals surface area contributed by atoms with Crippen molar-refractivity contribution in [2.75, 3.05) is 6.54 Å². The Morgan fingerprint density at radius 1 is 1.35 bits per heavy atom. The summed E-state index contributed by atoms with van der Waals surface area (Å²) in [6, 6.07) is -0.115. The van der Waals surface area contributed by atoms with Gasteiger partial charge in [-0.2, -0.15) is 0 Å². The maximum atomic E-state index is 11.9. The van der Waals surface area contributed by atoms with Gasteiger partial charge in [0.05, 0.1) is 6.04 Å². The van der Waals surface area contributed by atoms with Crippen LogP contribution in [0.4, 0.5) is 4.79 Å². The molecule has 100 valence electrons. The molecule has 3 atom stereocenters. The Bertz CT molecular complexity index is 272. The molecule has 0 aliphatic carbocycles. The number of aliphatic hydroxyl groups is 1. The van der Waals surface area contributed by atoms with E-state index in [1.165, 1.54) is 0 Å². The van der Waals surface area contributed by atoms with Gasteiger partial charge in [-0.3, -0.25) is 0 Å². The van der Waals surface area contributed by atoms with Crippen LogP contribution >= 0.6 is 0 Å². The summed E-state index contributed by atoms with van der Waals surface area (Å²) in [6.07, 6.45) is 0.442. The third-order valence-electron chi connectivity index (χ3n) is 3.35. The number of rotatable bonds is 3. The molecule has 1 amide bonds. The molecule has 3 unspecified atom stereocenters. The van der Waals surface area contributed by atoms with E-state index >= 15 is 0 Å². The molecule has 1 N–H and O–H groups in total. The van der Waals surface area contributed by atoms with E-state index in [4.69, 9.17) is 4.74 Å². The summed E-state index contributed by atoms with van der Waals surface area (Å²) in [5, 5.41) is 10.4. The largest absolute Gasteiger partial charge is 0.443 e. The molecule has 0 aromatic carbocycles. The van der Waals surface area contributed by atoms with Crippen molar-refractivity contribution >= 4 is 6.09 Å². The summed E-state index contributed by atoms with van der Waals surface area (Å²) in [7, 11) is 0. The zero-order valence-electron chi connectivity index (χ0n) is 11.6. The number of hydrogen-bond acceptors (Lipinski definition) is 3. The lowest BCUT2D eigenvalue weighted by Crippen LogP contribution is -2.61. The molecule has 17 heavy (non-hydrogen) atoms. The van der Waals surface area contributed by atoms with E-state index in [1.807, 2.05) is 27.7 Å². The highest BCUT2D eigenvalue weighted by atomic mass is 16.6. The number of ether oxygens (including phenoxy) is 1. The second kappa shape index (κ2) is 5.25. The topological polar surface area (TPSA) is 49.8 Å². The van der Waals surface area contributed by atoms with Gasteiger partial charge in [-0.1, -0.05) is 34.1 Å². The molecule has 0 bridgehead atoms. The number of carbonyl (C=O) groups excluding carboxylic acids is 1. The minimum absolute atomic E-state index is 0.115. The number of nitrogens with zero attached hydrogens (tertiary/aromatic N) is 1. The maximum absolute atomic E-state index is 11.9. The first-order chi connectivity index (χ1) is 7.82. The predicted molar refractivity (Wildman–Crippen MR) is 66.8 cm³/mol. The number of carbonyl (C=O) groups is 1. The van der Waals surface area contributed by atoms with E-state index < -0.39 is 12.2 Å². The summed E-state index contributed by atoms with van der Waals surface area (Å²) >= 11 is 0. The number of amides is 1. The van der Waals surface area contributed by atoms with Gasteiger partial charge in [-0.15, -0.1) is 0 Å². The highest BCUT2D eigenvalue weighted by molar-refractivity contribution is 5.69. The van der Waals surface area contributed by atoms with Gasteiger partial charge in [0, 0.05) is 12.0 Å². The van der Waals surface area contributed by atoms with Crippen molar-refractivity contribution in [3.05, 3.63) is 0 Å². The number of aliphatic hydroxyl groups excluding tert-OH is 1. The molecular formula is C13H25NO3. The predicted octanol–water partition coefficient (Wildman–Crippen LogP) is 2.40. The summed E-state index contributed by atoms with van der Waals surface area (Å²) in [5.41, 5.74) is -0.235. The second-order valence-corrected chi connectivity index (χ2v) is 5.80. The molecule has 4 nitrogen and oxygen atoms in total. The lowest BCUT2D eigenvalue weighted by atomic mass is 9.81. The average molecular weight is 243 g/mol. The zero-order valence-corrected chi connectivity index (χ0v) is 11.6. The number of cyclic esters (lactones) is 1. The molecule has 1 aliphatic rings. The van der Waals surface area contributed by atoms with Crippen LogP contribution in [0.5, 0.6) is 0 Å². The van der Waals surface area contributed by atoms with Crippen molar-refractivity contribution in [2.45, 2.75) is 65.7 Å². The van der Waals surface area contributed by atoms with Crippen LogP contribution in [-0.4, -0.2) is 40.9 Å². The fourth-order valence-electron chi connectivity index (χ4n) is 2.44. The van der Waals surface area contributed by atoms with Crippen LogP contribution in [0.3, 0.4) is 0 Å². The lowest BCUT2D eigenvalue weighted by molar-refractivity contribution is -0.127. The average Bonchev–Trinajstić information content (AvgIpc) is 2.22. The highest BCUT2D eigenvalue weighted by Crippen LogP contribution is 2.33. The Balaban J connectivity index is 2.93. The lowest BCUT2D eigenvalue weighted by Gasteiger charge is -2.46. The van der Waals surface area contributed by atoms with Crippen LogP contribution in [-0.2, 0) is 4.74 Å². The standard InChI is InChI=1S/C13H25NO3/c1-6-8-9-10(15)11(13(3,4)5)17-12(16)14(9)7-2/h9-11,15H,6-8H2,1-5H3. The minimum Gasteiger partial charge on any atom is -0.443 e. The van der Waals surface area contributed by atoms with Crippen LogP contribution in [0.15, 0.2) is 0 Å².